The van der Waals surface area contributed by atoms with Crippen molar-refractivity contribution in [3.63, 3.8) is 0 Å². The number of aromatic nitrogens is 1. The van der Waals surface area contributed by atoms with E-state index < -0.39 is 5.97 Å². The average Bonchev–Trinajstić information content (AvgIpc) is 2.34. The fraction of sp³-hybridized carbons (Fsp3) is 0.167. The van der Waals surface area contributed by atoms with E-state index in [2.05, 4.69) is 16.8 Å². The third-order valence-electron chi connectivity index (χ3n) is 1.72. The van der Waals surface area contributed by atoms with Gasteiger partial charge in [0, 0.05) is 18.0 Å². The molecular formula is C12H12N2O2. The standard InChI is InChI=1S/C12H12N2O2/c1-2-11(13)12(15)16-8-4-6-10-5-3-7-14-9-10/h2-3,5,7,9H,8,13H2,1H3. The van der Waals surface area contributed by atoms with Crippen LogP contribution in [0.4, 0.5) is 0 Å². The van der Waals surface area contributed by atoms with Crippen LogP contribution in [0, 0.1) is 11.8 Å². The maximum atomic E-state index is 11.1. The van der Waals surface area contributed by atoms with Gasteiger partial charge in [0.15, 0.2) is 6.61 Å². The van der Waals surface area contributed by atoms with Crippen molar-refractivity contribution < 1.29 is 9.53 Å². The second-order valence-electron chi connectivity index (χ2n) is 2.86. The van der Waals surface area contributed by atoms with Gasteiger partial charge < -0.3 is 10.5 Å². The lowest BCUT2D eigenvalue weighted by Gasteiger charge is -1.98. The summed E-state index contributed by atoms with van der Waals surface area (Å²) in [6.07, 6.45) is 4.78. The van der Waals surface area contributed by atoms with Crippen molar-refractivity contribution in [1.82, 2.24) is 4.98 Å². The first-order valence-electron chi connectivity index (χ1n) is 4.72. The fourth-order valence-corrected chi connectivity index (χ4v) is 0.878. The van der Waals surface area contributed by atoms with E-state index in [4.69, 9.17) is 10.5 Å². The van der Waals surface area contributed by atoms with Crippen molar-refractivity contribution in [2.45, 2.75) is 6.92 Å². The maximum Gasteiger partial charge on any atom is 0.354 e. The second kappa shape index (κ2) is 6.25. The molecule has 0 aliphatic rings. The summed E-state index contributed by atoms with van der Waals surface area (Å²) in [4.78, 5) is 15.0. The molecule has 0 aromatic carbocycles. The summed E-state index contributed by atoms with van der Waals surface area (Å²) in [6.45, 7) is 1.68. The van der Waals surface area contributed by atoms with E-state index in [1.807, 2.05) is 6.07 Å². The molecule has 0 aliphatic heterocycles. The van der Waals surface area contributed by atoms with Gasteiger partial charge in [0.25, 0.3) is 0 Å². The van der Waals surface area contributed by atoms with Gasteiger partial charge >= 0.3 is 5.97 Å². The Hall–Kier alpha value is -2.28. The molecule has 2 N–H and O–H groups in total. The number of nitrogens with zero attached hydrogens (tertiary/aromatic N) is 1. The van der Waals surface area contributed by atoms with Crippen LogP contribution in [-0.4, -0.2) is 17.6 Å². The zero-order valence-corrected chi connectivity index (χ0v) is 8.93. The van der Waals surface area contributed by atoms with Crippen molar-refractivity contribution in [2.75, 3.05) is 6.61 Å². The third-order valence-corrected chi connectivity index (χ3v) is 1.72. The highest BCUT2D eigenvalue weighted by Crippen LogP contribution is 1.92. The predicted octanol–water partition coefficient (Wildman–Crippen LogP) is 0.839. The zero-order chi connectivity index (χ0) is 11.8. The van der Waals surface area contributed by atoms with Crippen molar-refractivity contribution in [3.05, 3.63) is 41.9 Å². The molecule has 4 nitrogen and oxygen atoms in total. The van der Waals surface area contributed by atoms with Crippen LogP contribution in [-0.2, 0) is 9.53 Å². The summed E-state index contributed by atoms with van der Waals surface area (Å²) in [5.74, 6) is 4.95. The van der Waals surface area contributed by atoms with Crippen molar-refractivity contribution in [3.8, 4) is 11.8 Å². The molecule has 1 heterocycles. The molecule has 82 valence electrons. The smallest absolute Gasteiger partial charge is 0.354 e. The van der Waals surface area contributed by atoms with Gasteiger partial charge in [-0.3, -0.25) is 4.98 Å². The first kappa shape index (κ1) is 11.8. The molecule has 0 atom stereocenters. The Kier molecular flexibility index (Phi) is 4.61. The zero-order valence-electron chi connectivity index (χ0n) is 8.93. The van der Waals surface area contributed by atoms with E-state index in [0.29, 0.717) is 0 Å². The van der Waals surface area contributed by atoms with Gasteiger partial charge in [0.05, 0.1) is 0 Å². The first-order chi connectivity index (χ1) is 7.74. The van der Waals surface area contributed by atoms with Gasteiger partial charge in [0.2, 0.25) is 0 Å². The summed E-state index contributed by atoms with van der Waals surface area (Å²) < 4.78 is 4.79. The van der Waals surface area contributed by atoms with Gasteiger partial charge in [-0.05, 0) is 19.1 Å². The number of carbonyl (C=O) groups excluding carboxylic acids is 1. The Bertz CT molecular complexity index is 441. The van der Waals surface area contributed by atoms with E-state index >= 15 is 0 Å². The normalized spacial score (nSPS) is 10.2. The second-order valence-corrected chi connectivity index (χ2v) is 2.86. The van der Waals surface area contributed by atoms with E-state index in [1.165, 1.54) is 6.08 Å². The van der Waals surface area contributed by atoms with Crippen LogP contribution in [0.15, 0.2) is 36.3 Å². The lowest BCUT2D eigenvalue weighted by molar-refractivity contribution is -0.137. The molecule has 4 heteroatoms. The molecule has 1 aromatic heterocycles. The molecule has 0 amide bonds. The highest BCUT2D eigenvalue weighted by atomic mass is 16.5. The van der Waals surface area contributed by atoms with Crippen molar-refractivity contribution in [2.24, 2.45) is 5.73 Å². The number of pyridine rings is 1. The van der Waals surface area contributed by atoms with Crippen molar-refractivity contribution >= 4 is 5.97 Å². The van der Waals surface area contributed by atoms with Gasteiger partial charge in [-0.1, -0.05) is 17.9 Å². The number of allylic oxidation sites excluding steroid dienone is 1. The Morgan fingerprint density at radius 2 is 2.50 bits per heavy atom. The highest BCUT2D eigenvalue weighted by molar-refractivity contribution is 5.87. The van der Waals surface area contributed by atoms with Crippen LogP contribution < -0.4 is 5.73 Å². The van der Waals surface area contributed by atoms with Gasteiger partial charge in [-0.15, -0.1) is 0 Å². The fourth-order valence-electron chi connectivity index (χ4n) is 0.878. The van der Waals surface area contributed by atoms with E-state index in [9.17, 15) is 4.79 Å². The molecule has 1 aromatic rings. The molecule has 0 saturated carbocycles. The van der Waals surface area contributed by atoms with Crippen LogP contribution in [0.2, 0.25) is 0 Å². The van der Waals surface area contributed by atoms with Crippen LogP contribution in [0.1, 0.15) is 12.5 Å². The minimum absolute atomic E-state index is 0.0161. The number of hydrogen-bond acceptors (Lipinski definition) is 4. The van der Waals surface area contributed by atoms with Gasteiger partial charge in [0.1, 0.15) is 5.70 Å². The molecule has 16 heavy (non-hydrogen) atoms. The molecule has 0 fully saturated rings. The number of esters is 1. The molecule has 0 aliphatic carbocycles. The summed E-state index contributed by atoms with van der Waals surface area (Å²) >= 11 is 0. The van der Waals surface area contributed by atoms with Crippen LogP contribution in [0.5, 0.6) is 0 Å². The lowest BCUT2D eigenvalue weighted by atomic mass is 10.3. The Balaban J connectivity index is 2.43. The predicted molar refractivity (Wildman–Crippen MR) is 60.0 cm³/mol. The number of rotatable bonds is 2. The van der Waals surface area contributed by atoms with E-state index in [0.717, 1.165) is 5.56 Å². The van der Waals surface area contributed by atoms with E-state index in [-0.39, 0.29) is 12.3 Å². The molecule has 0 spiro atoms. The summed E-state index contributed by atoms with van der Waals surface area (Å²) in [5.41, 5.74) is 6.20. The highest BCUT2D eigenvalue weighted by Gasteiger charge is 2.02. The third kappa shape index (κ3) is 3.84. The largest absolute Gasteiger partial charge is 0.448 e. The number of nitrogens with two attached hydrogens (primary N) is 1. The summed E-state index contributed by atoms with van der Waals surface area (Å²) in [7, 11) is 0. The Morgan fingerprint density at radius 3 is 3.12 bits per heavy atom. The van der Waals surface area contributed by atoms with E-state index in [1.54, 1.807) is 25.4 Å². The molecular weight excluding hydrogens is 204 g/mol. The quantitative estimate of drug-likeness (QED) is 0.452. The van der Waals surface area contributed by atoms with Gasteiger partial charge in [-0.25, -0.2) is 4.79 Å². The number of hydrogen-bond donors (Lipinski definition) is 1. The van der Waals surface area contributed by atoms with Crippen LogP contribution in [0.3, 0.4) is 0 Å². The maximum absolute atomic E-state index is 11.1. The summed E-state index contributed by atoms with van der Waals surface area (Å²) in [6, 6.07) is 3.61. The molecule has 1 rings (SSSR count). The summed E-state index contributed by atoms with van der Waals surface area (Å²) in [5, 5.41) is 0. The minimum atomic E-state index is -0.553. The van der Waals surface area contributed by atoms with Crippen LogP contribution >= 0.6 is 0 Å². The molecule has 0 bridgehead atoms. The number of carbonyl (C=O) groups is 1. The molecule has 0 radical (unpaired) electrons. The lowest BCUT2D eigenvalue weighted by Crippen LogP contribution is -2.14. The Labute approximate surface area is 94.1 Å². The topological polar surface area (TPSA) is 65.2 Å². The van der Waals surface area contributed by atoms with Crippen LogP contribution in [0.25, 0.3) is 0 Å². The first-order valence-corrected chi connectivity index (χ1v) is 4.72. The minimum Gasteiger partial charge on any atom is -0.448 e. The number of ether oxygens (including phenoxy) is 1. The molecule has 0 unspecified atom stereocenters. The molecule has 0 saturated heterocycles. The van der Waals surface area contributed by atoms with Gasteiger partial charge in [-0.2, -0.15) is 0 Å². The Morgan fingerprint density at radius 1 is 1.69 bits per heavy atom. The van der Waals surface area contributed by atoms with Crippen molar-refractivity contribution in [1.29, 1.82) is 0 Å². The SMILES string of the molecule is CC=C(N)C(=O)OCC#Cc1cccnc1. The average molecular weight is 216 g/mol. The monoisotopic (exact) mass is 216 g/mol.